The molecule has 2 fully saturated rings. The van der Waals surface area contributed by atoms with Crippen LogP contribution in [-0.2, 0) is 10.0 Å². The first-order valence-electron chi connectivity index (χ1n) is 10.7. The third kappa shape index (κ3) is 6.49. The van der Waals surface area contributed by atoms with Gasteiger partial charge in [-0.2, -0.15) is 4.31 Å². The lowest BCUT2D eigenvalue weighted by molar-refractivity contribution is 0.0240. The van der Waals surface area contributed by atoms with Gasteiger partial charge in [-0.1, -0.05) is 49.4 Å². The molecule has 1 aliphatic heterocycles. The van der Waals surface area contributed by atoms with Crippen molar-refractivity contribution in [3.63, 3.8) is 0 Å². The van der Waals surface area contributed by atoms with Crippen molar-refractivity contribution >= 4 is 51.5 Å². The molecule has 0 radical (unpaired) electrons. The molecule has 1 heterocycles. The van der Waals surface area contributed by atoms with E-state index in [0.717, 1.165) is 25.7 Å². The Morgan fingerprint density at radius 1 is 1.06 bits per heavy atom. The number of nitrogens with one attached hydrogen (secondary N) is 1. The van der Waals surface area contributed by atoms with E-state index in [-0.39, 0.29) is 29.6 Å². The fraction of sp³-hybridized carbons (Fsp3) is 0.667. The van der Waals surface area contributed by atoms with Gasteiger partial charge in [0.15, 0.2) is 0 Å². The number of piperazine rings is 1. The Hall–Kier alpha value is -0.570. The summed E-state index contributed by atoms with van der Waals surface area (Å²) in [5, 5.41) is 3.89. The minimum absolute atomic E-state index is 0. The van der Waals surface area contributed by atoms with E-state index in [1.807, 2.05) is 6.92 Å². The molecule has 1 saturated heterocycles. The fourth-order valence-electron chi connectivity index (χ4n) is 4.63. The molecular formula is C21H32Cl3N3O3S. The zero-order valence-corrected chi connectivity index (χ0v) is 21.1. The second-order valence-electron chi connectivity index (χ2n) is 8.30. The smallest absolute Gasteiger partial charge is 0.251 e. The SMILES string of the molecule is CCCS(=O)(=O)N1CCN(C2(CNC(=O)c3ccc(Cl)c(Cl)c3)CCCCC2)CC1.Cl. The number of hydrogen-bond acceptors (Lipinski definition) is 4. The van der Waals surface area contributed by atoms with E-state index in [4.69, 9.17) is 23.2 Å². The maximum absolute atomic E-state index is 12.7. The van der Waals surface area contributed by atoms with Crippen LogP contribution in [0.1, 0.15) is 55.8 Å². The van der Waals surface area contributed by atoms with Crippen LogP contribution in [0.15, 0.2) is 18.2 Å². The number of halogens is 3. The number of benzene rings is 1. The van der Waals surface area contributed by atoms with Crippen LogP contribution in [0.5, 0.6) is 0 Å². The van der Waals surface area contributed by atoms with Gasteiger partial charge in [0, 0.05) is 43.8 Å². The van der Waals surface area contributed by atoms with E-state index >= 15 is 0 Å². The molecule has 0 spiro atoms. The Morgan fingerprint density at radius 2 is 1.71 bits per heavy atom. The van der Waals surface area contributed by atoms with Crippen molar-refractivity contribution in [3.8, 4) is 0 Å². The number of nitrogens with zero attached hydrogens (tertiary/aromatic N) is 2. The summed E-state index contributed by atoms with van der Waals surface area (Å²) in [5.41, 5.74) is 0.371. The molecule has 1 aromatic rings. The van der Waals surface area contributed by atoms with Crippen LogP contribution in [0.3, 0.4) is 0 Å². The van der Waals surface area contributed by atoms with Crippen LogP contribution in [0, 0.1) is 0 Å². The van der Waals surface area contributed by atoms with E-state index in [0.29, 0.717) is 54.8 Å². The normalized spacial score (nSPS) is 20.1. The summed E-state index contributed by atoms with van der Waals surface area (Å²) in [6.45, 7) is 4.88. The molecule has 0 bridgehead atoms. The van der Waals surface area contributed by atoms with E-state index in [2.05, 4.69) is 10.2 Å². The van der Waals surface area contributed by atoms with Crippen LogP contribution in [0.4, 0.5) is 0 Å². The van der Waals surface area contributed by atoms with E-state index < -0.39 is 10.0 Å². The maximum Gasteiger partial charge on any atom is 0.251 e. The second-order valence-corrected chi connectivity index (χ2v) is 11.2. The lowest BCUT2D eigenvalue weighted by Crippen LogP contribution is -2.62. The molecular weight excluding hydrogens is 481 g/mol. The second kappa shape index (κ2) is 11.5. The number of sulfonamides is 1. The quantitative estimate of drug-likeness (QED) is 0.594. The molecule has 1 aromatic carbocycles. The van der Waals surface area contributed by atoms with Crippen molar-refractivity contribution in [2.75, 3.05) is 38.5 Å². The Morgan fingerprint density at radius 3 is 2.29 bits per heavy atom. The summed E-state index contributed by atoms with van der Waals surface area (Å²) in [6.07, 6.45) is 6.10. The van der Waals surface area contributed by atoms with Gasteiger partial charge < -0.3 is 5.32 Å². The monoisotopic (exact) mass is 511 g/mol. The molecule has 1 saturated carbocycles. The van der Waals surface area contributed by atoms with Gasteiger partial charge in [-0.25, -0.2) is 8.42 Å². The van der Waals surface area contributed by atoms with Crippen molar-refractivity contribution in [2.24, 2.45) is 0 Å². The summed E-state index contributed by atoms with van der Waals surface area (Å²) < 4.78 is 26.4. The average molecular weight is 513 g/mol. The maximum atomic E-state index is 12.7. The predicted octanol–water partition coefficient (Wildman–Crippen LogP) is 4.21. The first-order valence-corrected chi connectivity index (χ1v) is 13.1. The molecule has 1 aliphatic carbocycles. The number of hydrogen-bond donors (Lipinski definition) is 1. The third-order valence-corrected chi connectivity index (χ3v) is 9.12. The van der Waals surface area contributed by atoms with E-state index in [9.17, 15) is 13.2 Å². The first kappa shape index (κ1) is 26.7. The number of carbonyl (C=O) groups excluding carboxylic acids is 1. The Labute approximate surface area is 202 Å². The molecule has 1 N–H and O–H groups in total. The predicted molar refractivity (Wildman–Crippen MR) is 129 cm³/mol. The van der Waals surface area contributed by atoms with Crippen molar-refractivity contribution in [1.29, 1.82) is 0 Å². The van der Waals surface area contributed by atoms with Crippen LogP contribution in [0.25, 0.3) is 0 Å². The summed E-state index contributed by atoms with van der Waals surface area (Å²) in [6, 6.07) is 4.89. The summed E-state index contributed by atoms with van der Waals surface area (Å²) >= 11 is 12.0. The van der Waals surface area contributed by atoms with Crippen LogP contribution < -0.4 is 5.32 Å². The van der Waals surface area contributed by atoms with Gasteiger partial charge in [-0.3, -0.25) is 9.69 Å². The lowest BCUT2D eigenvalue weighted by Gasteiger charge is -2.49. The van der Waals surface area contributed by atoms with Crippen molar-refractivity contribution in [3.05, 3.63) is 33.8 Å². The highest BCUT2D eigenvalue weighted by Gasteiger charge is 2.40. The number of amides is 1. The topological polar surface area (TPSA) is 69.7 Å². The minimum Gasteiger partial charge on any atom is -0.350 e. The highest BCUT2D eigenvalue weighted by atomic mass is 35.5. The molecule has 0 unspecified atom stereocenters. The zero-order valence-electron chi connectivity index (χ0n) is 17.9. The molecule has 176 valence electrons. The highest BCUT2D eigenvalue weighted by molar-refractivity contribution is 7.89. The van der Waals surface area contributed by atoms with Gasteiger partial charge in [-0.15, -0.1) is 12.4 Å². The molecule has 31 heavy (non-hydrogen) atoms. The average Bonchev–Trinajstić information content (AvgIpc) is 2.75. The molecule has 0 atom stereocenters. The highest BCUT2D eigenvalue weighted by Crippen LogP contribution is 2.34. The van der Waals surface area contributed by atoms with Crippen LogP contribution >= 0.6 is 35.6 Å². The van der Waals surface area contributed by atoms with Crippen molar-refractivity contribution in [1.82, 2.24) is 14.5 Å². The van der Waals surface area contributed by atoms with Gasteiger partial charge in [-0.05, 0) is 37.5 Å². The summed E-state index contributed by atoms with van der Waals surface area (Å²) in [4.78, 5) is 15.1. The number of carbonyl (C=O) groups is 1. The number of rotatable bonds is 7. The molecule has 2 aliphatic rings. The summed E-state index contributed by atoms with van der Waals surface area (Å²) in [5.74, 6) is 0.0420. The first-order chi connectivity index (χ1) is 14.3. The van der Waals surface area contributed by atoms with E-state index in [1.165, 1.54) is 6.42 Å². The zero-order chi connectivity index (χ0) is 21.8. The van der Waals surface area contributed by atoms with Gasteiger partial charge in [0.2, 0.25) is 10.0 Å². The standard InChI is InChI=1S/C21H31Cl2N3O3S.ClH/c1-2-14-30(28,29)26-12-10-25(11-13-26)21(8-4-3-5-9-21)16-24-20(27)17-6-7-18(22)19(23)15-17;/h6-7,15H,2-5,8-14,16H2,1H3,(H,24,27);1H. The van der Waals surface area contributed by atoms with Gasteiger partial charge in [0.25, 0.3) is 5.91 Å². The Balaban J connectivity index is 0.00000341. The largest absolute Gasteiger partial charge is 0.350 e. The van der Waals surface area contributed by atoms with E-state index in [1.54, 1.807) is 22.5 Å². The molecule has 1 amide bonds. The molecule has 6 nitrogen and oxygen atoms in total. The van der Waals surface area contributed by atoms with Gasteiger partial charge in [0.1, 0.15) is 0 Å². The minimum atomic E-state index is -3.16. The lowest BCUT2D eigenvalue weighted by atomic mass is 9.79. The molecule has 0 aromatic heterocycles. The van der Waals surface area contributed by atoms with Crippen molar-refractivity contribution in [2.45, 2.75) is 51.0 Å². The van der Waals surface area contributed by atoms with Crippen LogP contribution in [-0.4, -0.2) is 67.5 Å². The third-order valence-electron chi connectivity index (χ3n) is 6.31. The Bertz CT molecular complexity index is 853. The van der Waals surface area contributed by atoms with Gasteiger partial charge in [0.05, 0.1) is 15.8 Å². The van der Waals surface area contributed by atoms with Gasteiger partial charge >= 0.3 is 0 Å². The fourth-order valence-corrected chi connectivity index (χ4v) is 6.42. The van der Waals surface area contributed by atoms with Crippen LogP contribution in [0.2, 0.25) is 10.0 Å². The van der Waals surface area contributed by atoms with Crippen molar-refractivity contribution < 1.29 is 13.2 Å². The molecule has 10 heteroatoms. The molecule has 3 rings (SSSR count). The Kier molecular flexibility index (Phi) is 9.92. The summed E-state index contributed by atoms with van der Waals surface area (Å²) in [7, 11) is -3.16.